The van der Waals surface area contributed by atoms with Gasteiger partial charge in [-0.05, 0) is 19.1 Å². The molecule has 0 amide bonds. The number of carbonyl (C=O) groups is 2. The van der Waals surface area contributed by atoms with Crippen LogP contribution in [0.25, 0.3) is 6.08 Å². The third kappa shape index (κ3) is 4.63. The van der Waals surface area contributed by atoms with E-state index in [1.807, 2.05) is 0 Å². The molecule has 0 saturated heterocycles. The van der Waals surface area contributed by atoms with Crippen molar-refractivity contribution in [2.45, 2.75) is 6.92 Å². The van der Waals surface area contributed by atoms with Gasteiger partial charge in [0.05, 0.1) is 6.61 Å². The lowest BCUT2D eigenvalue weighted by Crippen LogP contribution is -2.16. The molecule has 102 valence electrons. The lowest BCUT2D eigenvalue weighted by molar-refractivity contribution is -0.141. The maximum absolute atomic E-state index is 13.5. The molecule has 4 nitrogen and oxygen atoms in total. The van der Waals surface area contributed by atoms with E-state index in [0.717, 1.165) is 0 Å². The molecular weight excluding hydrogens is 251 g/mol. The summed E-state index contributed by atoms with van der Waals surface area (Å²) in [6.07, 6.45) is 1.19. The van der Waals surface area contributed by atoms with E-state index in [-0.39, 0.29) is 24.4 Å². The van der Waals surface area contributed by atoms with Gasteiger partial charge in [0.2, 0.25) is 0 Å². The number of rotatable bonds is 6. The van der Waals surface area contributed by atoms with Crippen LogP contribution in [0.2, 0.25) is 0 Å². The number of methoxy groups -OCH3 is 1. The normalized spacial score (nSPS) is 11.2. The van der Waals surface area contributed by atoms with E-state index in [0.29, 0.717) is 0 Å². The average Bonchev–Trinajstić information content (AvgIpc) is 2.37. The molecular formula is C14H15FO4. The first-order chi connectivity index (χ1) is 9.06. The standard InChI is InChI=1S/C14H15FO4/c1-10(16)12(14(17)19-8-7-18-2)9-11-5-3-4-6-13(11)15/h3-6,9H,7-8H2,1-2H3/b12-9+. The van der Waals surface area contributed by atoms with Gasteiger partial charge in [0, 0.05) is 12.7 Å². The van der Waals surface area contributed by atoms with Crippen molar-refractivity contribution in [3.05, 3.63) is 41.2 Å². The zero-order chi connectivity index (χ0) is 14.3. The second-order valence-electron chi connectivity index (χ2n) is 3.76. The number of ketones is 1. The Balaban J connectivity index is 2.92. The minimum atomic E-state index is -0.784. The molecule has 1 aromatic carbocycles. The molecule has 0 N–H and O–H groups in total. The zero-order valence-electron chi connectivity index (χ0n) is 10.8. The van der Waals surface area contributed by atoms with Gasteiger partial charge >= 0.3 is 5.97 Å². The Kier molecular flexibility index (Phi) is 5.89. The van der Waals surface area contributed by atoms with Crippen LogP contribution < -0.4 is 0 Å². The molecule has 0 heterocycles. The van der Waals surface area contributed by atoms with Crippen LogP contribution >= 0.6 is 0 Å². The van der Waals surface area contributed by atoms with Crippen LogP contribution in [0.15, 0.2) is 29.8 Å². The molecule has 5 heteroatoms. The van der Waals surface area contributed by atoms with Gasteiger partial charge in [-0.15, -0.1) is 0 Å². The van der Waals surface area contributed by atoms with Gasteiger partial charge < -0.3 is 9.47 Å². The highest BCUT2D eigenvalue weighted by atomic mass is 19.1. The first-order valence-electron chi connectivity index (χ1n) is 5.69. The molecule has 1 rings (SSSR count). The summed E-state index contributed by atoms with van der Waals surface area (Å²) in [5.74, 6) is -1.77. The predicted molar refractivity (Wildman–Crippen MR) is 67.9 cm³/mol. The second-order valence-corrected chi connectivity index (χ2v) is 3.76. The molecule has 0 radical (unpaired) electrons. The van der Waals surface area contributed by atoms with Crippen molar-refractivity contribution in [3.8, 4) is 0 Å². The summed E-state index contributed by atoms with van der Waals surface area (Å²) in [4.78, 5) is 23.1. The van der Waals surface area contributed by atoms with Gasteiger partial charge in [0.25, 0.3) is 0 Å². The minimum Gasteiger partial charge on any atom is -0.460 e. The fourth-order valence-corrected chi connectivity index (χ4v) is 1.35. The summed E-state index contributed by atoms with van der Waals surface area (Å²) in [5.41, 5.74) is -0.0300. The number of halogens is 1. The van der Waals surface area contributed by atoms with Crippen LogP contribution in [-0.2, 0) is 19.1 Å². The molecule has 0 aromatic heterocycles. The SMILES string of the molecule is COCCOC(=O)/C(=C/c1ccccc1F)C(C)=O. The van der Waals surface area contributed by atoms with Gasteiger partial charge in [-0.25, -0.2) is 9.18 Å². The quantitative estimate of drug-likeness (QED) is 0.260. The van der Waals surface area contributed by atoms with Crippen molar-refractivity contribution in [1.29, 1.82) is 0 Å². The lowest BCUT2D eigenvalue weighted by atomic mass is 10.1. The number of Topliss-reactive ketones (excluding diaryl/α,β-unsaturated/α-hetero) is 1. The summed E-state index contributed by atoms with van der Waals surface area (Å²) in [6.45, 7) is 1.50. The van der Waals surface area contributed by atoms with Crippen molar-refractivity contribution in [2.24, 2.45) is 0 Å². The van der Waals surface area contributed by atoms with Crippen LogP contribution in [0.1, 0.15) is 12.5 Å². The van der Waals surface area contributed by atoms with E-state index in [4.69, 9.17) is 9.47 Å². The zero-order valence-corrected chi connectivity index (χ0v) is 10.8. The van der Waals surface area contributed by atoms with E-state index in [2.05, 4.69) is 0 Å². The Morgan fingerprint density at radius 2 is 1.95 bits per heavy atom. The van der Waals surface area contributed by atoms with Gasteiger partial charge in [-0.2, -0.15) is 0 Å². The van der Waals surface area contributed by atoms with E-state index >= 15 is 0 Å². The average molecular weight is 266 g/mol. The Bertz CT molecular complexity index is 494. The summed E-state index contributed by atoms with van der Waals surface area (Å²) < 4.78 is 23.0. The Morgan fingerprint density at radius 3 is 2.53 bits per heavy atom. The second kappa shape index (κ2) is 7.43. The van der Waals surface area contributed by atoms with E-state index < -0.39 is 17.6 Å². The molecule has 0 aliphatic rings. The van der Waals surface area contributed by atoms with Gasteiger partial charge in [-0.3, -0.25) is 4.79 Å². The summed E-state index contributed by atoms with van der Waals surface area (Å²) in [6, 6.07) is 5.86. The van der Waals surface area contributed by atoms with E-state index in [9.17, 15) is 14.0 Å². The molecule has 0 saturated carbocycles. The Labute approximate surface area is 110 Å². The summed E-state index contributed by atoms with van der Waals surface area (Å²) >= 11 is 0. The number of hydrogen-bond donors (Lipinski definition) is 0. The highest BCUT2D eigenvalue weighted by Gasteiger charge is 2.16. The van der Waals surface area contributed by atoms with Crippen LogP contribution in [-0.4, -0.2) is 32.1 Å². The van der Waals surface area contributed by atoms with Crippen molar-refractivity contribution in [2.75, 3.05) is 20.3 Å². The van der Waals surface area contributed by atoms with Crippen LogP contribution in [0.3, 0.4) is 0 Å². The number of benzene rings is 1. The van der Waals surface area contributed by atoms with Gasteiger partial charge in [-0.1, -0.05) is 18.2 Å². The molecule has 0 spiro atoms. The fourth-order valence-electron chi connectivity index (χ4n) is 1.35. The molecule has 0 unspecified atom stereocenters. The molecule has 0 atom stereocenters. The summed E-state index contributed by atoms with van der Waals surface area (Å²) in [7, 11) is 1.47. The third-order valence-electron chi connectivity index (χ3n) is 2.32. The maximum Gasteiger partial charge on any atom is 0.341 e. The highest BCUT2D eigenvalue weighted by Crippen LogP contribution is 2.13. The predicted octanol–water partition coefficient (Wildman–Crippen LogP) is 1.99. The Hall–Kier alpha value is -2.01. The van der Waals surface area contributed by atoms with E-state index in [1.54, 1.807) is 6.07 Å². The number of hydrogen-bond acceptors (Lipinski definition) is 4. The van der Waals surface area contributed by atoms with Gasteiger partial charge in [0.1, 0.15) is 18.0 Å². The monoisotopic (exact) mass is 266 g/mol. The molecule has 0 aliphatic carbocycles. The number of carbonyl (C=O) groups excluding carboxylic acids is 2. The minimum absolute atomic E-state index is 0.0389. The van der Waals surface area contributed by atoms with Gasteiger partial charge in [0.15, 0.2) is 5.78 Å². The molecule has 0 bridgehead atoms. The Morgan fingerprint density at radius 1 is 1.26 bits per heavy atom. The number of ether oxygens (including phenoxy) is 2. The van der Waals surface area contributed by atoms with Crippen molar-refractivity contribution >= 4 is 17.8 Å². The molecule has 1 aromatic rings. The van der Waals surface area contributed by atoms with E-state index in [1.165, 1.54) is 38.3 Å². The highest BCUT2D eigenvalue weighted by molar-refractivity contribution is 6.19. The van der Waals surface area contributed by atoms with Crippen molar-refractivity contribution in [3.63, 3.8) is 0 Å². The van der Waals surface area contributed by atoms with Crippen molar-refractivity contribution < 1.29 is 23.5 Å². The van der Waals surface area contributed by atoms with Crippen molar-refractivity contribution in [1.82, 2.24) is 0 Å². The van der Waals surface area contributed by atoms with Crippen LogP contribution in [0.5, 0.6) is 0 Å². The van der Waals surface area contributed by atoms with Crippen LogP contribution in [0, 0.1) is 5.82 Å². The lowest BCUT2D eigenvalue weighted by Gasteiger charge is -2.06. The van der Waals surface area contributed by atoms with Crippen LogP contribution in [0.4, 0.5) is 4.39 Å². The third-order valence-corrected chi connectivity index (χ3v) is 2.32. The largest absolute Gasteiger partial charge is 0.460 e. The smallest absolute Gasteiger partial charge is 0.341 e. The topological polar surface area (TPSA) is 52.6 Å². The summed E-state index contributed by atoms with van der Waals surface area (Å²) in [5, 5.41) is 0. The molecule has 0 fully saturated rings. The number of esters is 1. The first-order valence-corrected chi connectivity index (χ1v) is 5.69. The molecule has 19 heavy (non-hydrogen) atoms. The first kappa shape index (κ1) is 15.0. The molecule has 0 aliphatic heterocycles. The fraction of sp³-hybridized carbons (Fsp3) is 0.286. The maximum atomic E-state index is 13.5.